The third-order valence-electron chi connectivity index (χ3n) is 4.46. The average Bonchev–Trinajstić information content (AvgIpc) is 3.18. The molecule has 2 aromatic carbocycles. The fourth-order valence-corrected chi connectivity index (χ4v) is 2.88. The van der Waals surface area contributed by atoms with Crippen molar-refractivity contribution in [2.24, 2.45) is 5.73 Å². The molecule has 3 rings (SSSR count). The molecule has 0 radical (unpaired) electrons. The van der Waals surface area contributed by atoms with Crippen molar-refractivity contribution < 1.29 is 13.9 Å². The zero-order valence-electron chi connectivity index (χ0n) is 15.6. The lowest BCUT2D eigenvalue weighted by molar-refractivity contribution is -0.120. The van der Waals surface area contributed by atoms with Crippen molar-refractivity contribution in [2.75, 3.05) is 0 Å². The van der Waals surface area contributed by atoms with Gasteiger partial charge < -0.3 is 20.8 Å². The summed E-state index contributed by atoms with van der Waals surface area (Å²) in [5.74, 6) is -0.0113. The van der Waals surface area contributed by atoms with Crippen LogP contribution in [0.5, 0.6) is 5.75 Å². The highest BCUT2D eigenvalue weighted by molar-refractivity contribution is 5.80. The van der Waals surface area contributed by atoms with Gasteiger partial charge in [-0.3, -0.25) is 4.79 Å². The van der Waals surface area contributed by atoms with Crippen molar-refractivity contribution in [3.05, 3.63) is 83.2 Å². The van der Waals surface area contributed by atoms with Crippen LogP contribution in [-0.2, 0) is 24.4 Å². The molecule has 146 valence electrons. The molecule has 1 heterocycles. The molecule has 1 aromatic heterocycles. The van der Waals surface area contributed by atoms with Crippen molar-refractivity contribution in [3.63, 3.8) is 0 Å². The topological polar surface area (TPSA) is 93.0 Å². The number of primary amides is 1. The Hall–Kier alpha value is -3.19. The van der Waals surface area contributed by atoms with E-state index < -0.39 is 11.9 Å². The lowest BCUT2D eigenvalue weighted by Crippen LogP contribution is -2.42. The molecule has 0 saturated carbocycles. The van der Waals surface area contributed by atoms with Crippen LogP contribution >= 0.6 is 0 Å². The zero-order chi connectivity index (χ0) is 19.9. The SMILES string of the molecule is Cc1cc(CNC(Cc2cnc[nH]2)C(N)=O)ccc1OCc1ccccc1F. The minimum Gasteiger partial charge on any atom is -0.489 e. The predicted octanol–water partition coefficient (Wildman–Crippen LogP) is 2.62. The molecule has 0 aliphatic carbocycles. The van der Waals surface area contributed by atoms with Gasteiger partial charge in [0.05, 0.1) is 12.4 Å². The largest absolute Gasteiger partial charge is 0.489 e. The van der Waals surface area contributed by atoms with Crippen molar-refractivity contribution in [3.8, 4) is 5.75 Å². The van der Waals surface area contributed by atoms with E-state index in [1.165, 1.54) is 6.07 Å². The standard InChI is InChI=1S/C21H23FN4O2/c1-14-8-15(10-25-19(21(23)27)9-17-11-24-13-26-17)6-7-20(14)28-12-16-4-2-3-5-18(16)22/h2-8,11,13,19,25H,9-10,12H2,1H3,(H2,23,27)(H,24,26). The van der Waals surface area contributed by atoms with Crippen LogP contribution in [0.3, 0.4) is 0 Å². The number of aryl methyl sites for hydroxylation is 1. The van der Waals surface area contributed by atoms with Crippen LogP contribution in [0.15, 0.2) is 55.0 Å². The predicted molar refractivity (Wildman–Crippen MR) is 104 cm³/mol. The molecule has 6 nitrogen and oxygen atoms in total. The number of aromatic amines is 1. The third kappa shape index (κ3) is 5.17. The summed E-state index contributed by atoms with van der Waals surface area (Å²) in [4.78, 5) is 18.6. The number of H-pyrrole nitrogens is 1. The maximum atomic E-state index is 13.7. The molecular formula is C21H23FN4O2. The van der Waals surface area contributed by atoms with Gasteiger partial charge in [-0.15, -0.1) is 0 Å². The molecule has 0 saturated heterocycles. The Morgan fingerprint density at radius 1 is 1.32 bits per heavy atom. The van der Waals surface area contributed by atoms with E-state index in [4.69, 9.17) is 10.5 Å². The van der Waals surface area contributed by atoms with Crippen LogP contribution < -0.4 is 15.8 Å². The Bertz CT molecular complexity index is 928. The summed E-state index contributed by atoms with van der Waals surface area (Å²) in [6.45, 7) is 2.57. The highest BCUT2D eigenvalue weighted by Gasteiger charge is 2.16. The molecule has 0 aliphatic rings. The number of ether oxygens (including phenoxy) is 1. The van der Waals surface area contributed by atoms with Crippen LogP contribution in [0.4, 0.5) is 4.39 Å². The molecule has 4 N–H and O–H groups in total. The Morgan fingerprint density at radius 3 is 2.82 bits per heavy atom. The van der Waals surface area contributed by atoms with Gasteiger partial charge in [-0.1, -0.05) is 30.3 Å². The third-order valence-corrected chi connectivity index (χ3v) is 4.46. The van der Waals surface area contributed by atoms with Crippen LogP contribution in [0.25, 0.3) is 0 Å². The molecule has 7 heteroatoms. The number of hydrogen-bond donors (Lipinski definition) is 3. The van der Waals surface area contributed by atoms with E-state index in [-0.39, 0.29) is 12.4 Å². The van der Waals surface area contributed by atoms with Gasteiger partial charge in [-0.05, 0) is 30.2 Å². The van der Waals surface area contributed by atoms with Gasteiger partial charge in [0.15, 0.2) is 0 Å². The Kier molecular flexibility index (Phi) is 6.39. The highest BCUT2D eigenvalue weighted by atomic mass is 19.1. The fourth-order valence-electron chi connectivity index (χ4n) is 2.88. The van der Waals surface area contributed by atoms with Gasteiger partial charge in [-0.2, -0.15) is 0 Å². The number of carbonyl (C=O) groups excluding carboxylic acids is 1. The number of rotatable bonds is 9. The van der Waals surface area contributed by atoms with E-state index >= 15 is 0 Å². The summed E-state index contributed by atoms with van der Waals surface area (Å²) in [6.07, 6.45) is 3.68. The maximum absolute atomic E-state index is 13.7. The van der Waals surface area contributed by atoms with Gasteiger partial charge in [0, 0.05) is 30.4 Å². The molecule has 0 aliphatic heterocycles. The quantitative estimate of drug-likeness (QED) is 0.530. The Labute approximate surface area is 162 Å². The number of aromatic nitrogens is 2. The first-order valence-electron chi connectivity index (χ1n) is 8.98. The molecule has 1 unspecified atom stereocenters. The molecule has 1 atom stereocenters. The molecule has 0 bridgehead atoms. The monoisotopic (exact) mass is 382 g/mol. The number of nitrogens with zero attached hydrogens (tertiary/aromatic N) is 1. The molecule has 0 spiro atoms. The first-order chi connectivity index (χ1) is 13.5. The number of nitrogens with two attached hydrogens (primary N) is 1. The lowest BCUT2D eigenvalue weighted by atomic mass is 10.1. The molecular weight excluding hydrogens is 359 g/mol. The minimum absolute atomic E-state index is 0.166. The van der Waals surface area contributed by atoms with Crippen LogP contribution in [0.2, 0.25) is 0 Å². The van der Waals surface area contributed by atoms with E-state index in [1.54, 1.807) is 30.7 Å². The fraction of sp³-hybridized carbons (Fsp3) is 0.238. The van der Waals surface area contributed by atoms with Gasteiger partial charge in [0.1, 0.15) is 18.2 Å². The van der Waals surface area contributed by atoms with Crippen molar-refractivity contribution in [1.82, 2.24) is 15.3 Å². The Morgan fingerprint density at radius 2 is 2.14 bits per heavy atom. The van der Waals surface area contributed by atoms with Gasteiger partial charge in [0.2, 0.25) is 5.91 Å². The molecule has 3 aromatic rings. The van der Waals surface area contributed by atoms with Crippen molar-refractivity contribution in [1.29, 1.82) is 0 Å². The number of imidazole rings is 1. The number of halogens is 1. The summed E-state index contributed by atoms with van der Waals surface area (Å²) in [5, 5.41) is 3.17. The van der Waals surface area contributed by atoms with Crippen LogP contribution in [-0.4, -0.2) is 21.9 Å². The second-order valence-corrected chi connectivity index (χ2v) is 6.60. The van der Waals surface area contributed by atoms with E-state index in [1.807, 2.05) is 25.1 Å². The number of benzene rings is 2. The summed E-state index contributed by atoms with van der Waals surface area (Å²) in [6, 6.07) is 11.8. The van der Waals surface area contributed by atoms with Crippen molar-refractivity contribution in [2.45, 2.75) is 32.5 Å². The average molecular weight is 382 g/mol. The molecule has 0 fully saturated rings. The summed E-state index contributed by atoms with van der Waals surface area (Å²) < 4.78 is 19.4. The van der Waals surface area contributed by atoms with E-state index in [0.29, 0.717) is 24.3 Å². The second-order valence-electron chi connectivity index (χ2n) is 6.60. The molecule has 1 amide bonds. The number of hydrogen-bond acceptors (Lipinski definition) is 4. The smallest absolute Gasteiger partial charge is 0.234 e. The normalized spacial score (nSPS) is 11.9. The first kappa shape index (κ1) is 19.6. The summed E-state index contributed by atoms with van der Waals surface area (Å²) in [5.41, 5.74) is 8.76. The number of nitrogens with one attached hydrogen (secondary N) is 2. The van der Waals surface area contributed by atoms with E-state index in [0.717, 1.165) is 16.8 Å². The van der Waals surface area contributed by atoms with Crippen LogP contribution in [0, 0.1) is 12.7 Å². The highest BCUT2D eigenvalue weighted by Crippen LogP contribution is 2.21. The lowest BCUT2D eigenvalue weighted by Gasteiger charge is -2.16. The van der Waals surface area contributed by atoms with Gasteiger partial charge in [0.25, 0.3) is 0 Å². The van der Waals surface area contributed by atoms with Crippen LogP contribution in [0.1, 0.15) is 22.4 Å². The second kappa shape index (κ2) is 9.14. The molecule has 28 heavy (non-hydrogen) atoms. The van der Waals surface area contributed by atoms with Gasteiger partial charge >= 0.3 is 0 Å². The number of carbonyl (C=O) groups is 1. The van der Waals surface area contributed by atoms with Gasteiger partial charge in [-0.25, -0.2) is 9.37 Å². The zero-order valence-corrected chi connectivity index (χ0v) is 15.6. The Balaban J connectivity index is 1.58. The van der Waals surface area contributed by atoms with E-state index in [2.05, 4.69) is 15.3 Å². The minimum atomic E-state index is -0.502. The van der Waals surface area contributed by atoms with E-state index in [9.17, 15) is 9.18 Å². The first-order valence-corrected chi connectivity index (χ1v) is 8.98. The summed E-state index contributed by atoms with van der Waals surface area (Å²) >= 11 is 0. The van der Waals surface area contributed by atoms with Crippen molar-refractivity contribution >= 4 is 5.91 Å². The summed E-state index contributed by atoms with van der Waals surface area (Å²) in [7, 11) is 0. The number of amides is 1. The maximum Gasteiger partial charge on any atom is 0.234 e.